The van der Waals surface area contributed by atoms with Gasteiger partial charge in [-0.3, -0.25) is 56.5 Å². The van der Waals surface area contributed by atoms with Gasteiger partial charge in [0.15, 0.2) is 0 Å². The van der Waals surface area contributed by atoms with Gasteiger partial charge in [0, 0.05) is 123 Å². The summed E-state index contributed by atoms with van der Waals surface area (Å²) in [4.78, 5) is 121. The largest absolute Gasteiger partial charge is 1.00 e. The van der Waals surface area contributed by atoms with Crippen LogP contribution < -0.4 is 68.3 Å². The Bertz CT molecular complexity index is 2690. The molecular formula is C65H122ClN13NaO19P. The van der Waals surface area contributed by atoms with E-state index in [9.17, 15) is 52.5 Å². The molecule has 0 aromatic heterocycles. The van der Waals surface area contributed by atoms with E-state index in [1.807, 2.05) is 83.1 Å². The molecular weight excluding hydrogens is 1360 g/mol. The van der Waals surface area contributed by atoms with Crippen molar-refractivity contribution in [2.45, 2.75) is 232 Å². The van der Waals surface area contributed by atoms with Gasteiger partial charge in [-0.1, -0.05) is 19.4 Å². The van der Waals surface area contributed by atoms with Gasteiger partial charge in [-0.25, -0.2) is 39.4 Å². The third-order valence-electron chi connectivity index (χ3n) is 16.4. The Kier molecular flexibility index (Phi) is 41.8. The molecule has 0 aromatic carbocycles. The number of hydrogen-bond donors (Lipinski definition) is 7. The predicted molar refractivity (Wildman–Crippen MR) is 374 cm³/mol. The molecule has 8 heterocycles. The molecule has 0 unspecified atom stereocenters. The zero-order chi connectivity index (χ0) is 74.5. The molecule has 0 saturated carbocycles. The fraction of sp³-hybridized carbons (Fsp3) is 0.815. The maximum Gasteiger partial charge on any atom is 1.00 e. The van der Waals surface area contributed by atoms with Crippen molar-refractivity contribution in [1.82, 2.24) is 56.6 Å². The van der Waals surface area contributed by atoms with Crippen molar-refractivity contribution in [1.29, 1.82) is 0 Å². The molecule has 0 radical (unpaired) electrons. The molecule has 0 bridgehead atoms. The van der Waals surface area contributed by atoms with Gasteiger partial charge in [-0.15, -0.1) is 12.4 Å². The second kappa shape index (κ2) is 44.0. The second-order valence-corrected chi connectivity index (χ2v) is 31.3. The molecule has 9 N–H and O–H groups in total. The molecule has 8 aliphatic heterocycles. The van der Waals surface area contributed by atoms with Crippen LogP contribution in [-0.4, -0.2) is 242 Å². The third-order valence-corrected chi connectivity index (χ3v) is 18.2. The molecule has 8 fully saturated rings. The predicted octanol–water partition coefficient (Wildman–Crippen LogP) is 3.64. The van der Waals surface area contributed by atoms with Gasteiger partial charge in [0.05, 0.1) is 25.3 Å². The molecule has 0 aromatic rings. The summed E-state index contributed by atoms with van der Waals surface area (Å²) < 4.78 is 50.2. The van der Waals surface area contributed by atoms with Crippen LogP contribution in [0.4, 0.5) is 19.2 Å². The molecule has 0 atom stereocenters. The van der Waals surface area contributed by atoms with Crippen LogP contribution in [0.3, 0.4) is 0 Å². The Morgan fingerprint density at radius 1 is 0.520 bits per heavy atom. The monoisotopic (exact) mass is 1480 g/mol. The summed E-state index contributed by atoms with van der Waals surface area (Å²) in [5.74, 6) is 7.59. The number of methoxy groups -OCH3 is 2. The Balaban J connectivity index is 0. The summed E-state index contributed by atoms with van der Waals surface area (Å²) in [5, 5.41) is 7.61. The van der Waals surface area contributed by atoms with E-state index in [2.05, 4.69) is 81.1 Å². The number of rotatable bonds is 9. The first kappa shape index (κ1) is 95.0. The number of hydrogen-bond acceptors (Lipinski definition) is 25. The fourth-order valence-corrected chi connectivity index (χ4v) is 12.2. The standard InChI is InChI=1S/C15H27N3O3.C13H21NO4.C12H21N3O3.C10H19N3O.C10H17NO3.C5H11O5P.ClH.H4N2.Na.H/c1-5-8-18-15(11-12(19)16-18)6-9-17(10-7-15)13(20)21-14(2,3)4;1-13(2,3)18-12(16)14-7-5-10(6-8-14)9-11(15)17-4;1-11(2,3)18-10(17)15-6-4-12(5-7-15)8-9(16)13-14-12;1-2-7-13-10(8-9(14)12-13)3-5-11-6-4-10;1-10(2,3)14-9(13)11-6-4-8(12)5-7-11;1-8-5(6)4-11(7,9-2)10-3;;1-2;;/h5-11H2,1-4H3,(H,16,19);9H,5-8H2,1-4H3;14H,4-8H2,1-3H3,(H,13,16);11H,2-8H2,1H3,(H,12,14);4-7H2,1-3H3;4H2,1-3H3;1H;1-2H2;;/q;;;;;;;;+1;-1. The van der Waals surface area contributed by atoms with E-state index in [4.69, 9.17) is 18.9 Å². The van der Waals surface area contributed by atoms with Crippen molar-refractivity contribution in [3.05, 3.63) is 11.6 Å². The molecule has 8 saturated heterocycles. The van der Waals surface area contributed by atoms with Crippen molar-refractivity contribution in [2.75, 3.05) is 113 Å². The molecule has 8 aliphatic rings. The molecule has 0 aliphatic carbocycles. The van der Waals surface area contributed by atoms with E-state index in [1.54, 1.807) is 19.6 Å². The van der Waals surface area contributed by atoms with E-state index in [0.717, 1.165) is 83.1 Å². The maximum absolute atomic E-state index is 12.1. The Morgan fingerprint density at radius 3 is 1.19 bits per heavy atom. The fourth-order valence-electron chi connectivity index (χ4n) is 11.4. The van der Waals surface area contributed by atoms with Crippen LogP contribution in [0, 0.1) is 0 Å². The summed E-state index contributed by atoms with van der Waals surface area (Å²) in [6.45, 7) is 35.1. The van der Waals surface area contributed by atoms with Crippen LogP contribution in [0.15, 0.2) is 11.6 Å². The maximum atomic E-state index is 12.1. The van der Waals surface area contributed by atoms with Gasteiger partial charge < -0.3 is 63.8 Å². The number of carbonyl (C=O) groups is 10. The number of ketones is 1. The number of carbonyl (C=O) groups excluding carboxylic acids is 10. The first-order valence-electron chi connectivity index (χ1n) is 33.8. The smallest absolute Gasteiger partial charge is 1.00 e. The SMILES string of the molecule is CC(C)(C)OC(=O)N1CCC(=O)CC1.CC(C)(C)OC(=O)N1CCC2(CC1)CC(=O)NN2.CCCN1NC(=O)CC12CCN(C(=O)OC(C)(C)C)CC2.CCCN1NC(=O)CC12CCNCC2.COC(=O)C=C1CCN(C(=O)OC(C)(C)C)CC1.COC(=O)CP(=O)(OC)OC.Cl.NN.[H-].[Na+]. The summed E-state index contributed by atoms with van der Waals surface area (Å²) >= 11 is 0. The normalized spacial score (nSPS) is 19.4. The van der Waals surface area contributed by atoms with Gasteiger partial charge in [0.2, 0.25) is 17.7 Å². The van der Waals surface area contributed by atoms with Crippen LogP contribution in [0.5, 0.6) is 0 Å². The number of nitrogens with zero attached hydrogens (tertiary/aromatic N) is 6. The van der Waals surface area contributed by atoms with Gasteiger partial charge >= 0.3 is 73.5 Å². The average molecular weight is 1480 g/mol. The number of likely N-dealkylation sites (tertiary alicyclic amines) is 4. The van der Waals surface area contributed by atoms with Crippen LogP contribution in [0.1, 0.15) is 195 Å². The van der Waals surface area contributed by atoms with Gasteiger partial charge in [0.1, 0.15) is 34.3 Å². The third kappa shape index (κ3) is 34.5. The van der Waals surface area contributed by atoms with Crippen LogP contribution >= 0.6 is 20.0 Å². The Morgan fingerprint density at radius 2 is 0.870 bits per heavy atom. The number of Topliss-reactive ketones (excluding diaryl/α,β-unsaturated/α-hetero) is 1. The van der Waals surface area contributed by atoms with E-state index in [0.29, 0.717) is 97.3 Å². The van der Waals surface area contributed by atoms with Crippen molar-refractivity contribution in [2.24, 2.45) is 11.7 Å². The molecule has 8 rings (SSSR count). The zero-order valence-corrected chi connectivity index (χ0v) is 67.0. The Hall–Kier alpha value is -4.96. The minimum absolute atomic E-state index is 0. The minimum atomic E-state index is -3.23. The number of esters is 2. The van der Waals surface area contributed by atoms with Gasteiger partial charge in [-0.05, 0) is 160 Å². The molecule has 574 valence electrons. The van der Waals surface area contributed by atoms with Crippen LogP contribution in [0.2, 0.25) is 0 Å². The molecule has 35 heteroatoms. The van der Waals surface area contributed by atoms with E-state index < -0.39 is 36.0 Å². The van der Waals surface area contributed by atoms with Crippen molar-refractivity contribution >= 4 is 79.8 Å². The van der Waals surface area contributed by atoms with Gasteiger partial charge in [-0.2, -0.15) is 0 Å². The van der Waals surface area contributed by atoms with Crippen molar-refractivity contribution in [3.8, 4) is 0 Å². The topological polar surface area (TPSA) is 393 Å². The molecule has 32 nitrogen and oxygen atoms in total. The molecule has 100 heavy (non-hydrogen) atoms. The first-order chi connectivity index (χ1) is 45.6. The average Bonchev–Trinajstić information content (AvgIpc) is 1.66. The molecule has 7 amide bonds. The van der Waals surface area contributed by atoms with E-state index in [-0.39, 0.29) is 120 Å². The summed E-state index contributed by atoms with van der Waals surface area (Å²) in [5.41, 5.74) is 10.6. The minimum Gasteiger partial charge on any atom is -1.00 e. The number of piperidine rings is 5. The quantitative estimate of drug-likeness (QED) is 0.0329. The van der Waals surface area contributed by atoms with Crippen LogP contribution in [-0.2, 0) is 70.8 Å². The number of halogens is 1. The summed E-state index contributed by atoms with van der Waals surface area (Å²) in [6, 6.07) is 0. The summed E-state index contributed by atoms with van der Waals surface area (Å²) in [7, 11) is 1.77. The number of ether oxygens (including phenoxy) is 6. The van der Waals surface area contributed by atoms with E-state index >= 15 is 0 Å². The summed E-state index contributed by atoms with van der Waals surface area (Å²) in [6.07, 6.45) is 11.5. The van der Waals surface area contributed by atoms with E-state index in [1.165, 1.54) is 34.5 Å². The van der Waals surface area contributed by atoms with Crippen LogP contribution in [0.25, 0.3) is 0 Å². The van der Waals surface area contributed by atoms with Crippen molar-refractivity contribution < 1.29 is 121 Å². The first-order valence-corrected chi connectivity index (χ1v) is 35.6. The van der Waals surface area contributed by atoms with Crippen molar-refractivity contribution in [3.63, 3.8) is 0 Å². The zero-order valence-electron chi connectivity index (χ0n) is 64.3. The number of amides is 7. The van der Waals surface area contributed by atoms with Gasteiger partial charge in [0.25, 0.3) is 0 Å². The number of nitrogens with one attached hydrogen (secondary N) is 5. The second-order valence-electron chi connectivity index (χ2n) is 29.0. The Labute approximate surface area is 622 Å². The molecule has 3 spiro atoms. The number of nitrogens with two attached hydrogens (primary N) is 2. The number of hydrazine groups is 4.